The van der Waals surface area contributed by atoms with E-state index in [0.717, 1.165) is 19.3 Å². The van der Waals surface area contributed by atoms with Crippen LogP contribution >= 0.6 is 0 Å². The maximum absolute atomic E-state index is 12.0. The summed E-state index contributed by atoms with van der Waals surface area (Å²) < 4.78 is 0. The number of amides is 1. The number of nitrogens with one attached hydrogen (secondary N) is 1. The summed E-state index contributed by atoms with van der Waals surface area (Å²) in [4.78, 5) is 33.5. The molecular weight excluding hydrogens is 262 g/mol. The summed E-state index contributed by atoms with van der Waals surface area (Å²) in [6, 6.07) is -1.00. The first kappa shape index (κ1) is 18.4. The van der Waals surface area contributed by atoms with E-state index in [-0.39, 0.29) is 31.1 Å². The van der Waals surface area contributed by atoms with Crippen LogP contribution in [-0.2, 0) is 14.4 Å². The number of unbranched alkanes of at least 4 members (excludes halogenated alkanes) is 1. The Morgan fingerprint density at radius 1 is 1.05 bits per heavy atom. The van der Waals surface area contributed by atoms with Gasteiger partial charge in [-0.25, -0.2) is 4.79 Å². The van der Waals surface area contributed by atoms with Gasteiger partial charge in [-0.3, -0.25) is 9.59 Å². The quantitative estimate of drug-likeness (QED) is 0.539. The lowest BCUT2D eigenvalue weighted by atomic mass is 9.97. The molecule has 0 saturated carbocycles. The van der Waals surface area contributed by atoms with Crippen molar-refractivity contribution in [2.75, 3.05) is 0 Å². The van der Waals surface area contributed by atoms with Crippen molar-refractivity contribution in [3.05, 3.63) is 0 Å². The number of hydrogen-bond acceptors (Lipinski definition) is 3. The smallest absolute Gasteiger partial charge is 0.326 e. The zero-order valence-electron chi connectivity index (χ0n) is 12.2. The van der Waals surface area contributed by atoms with E-state index in [0.29, 0.717) is 6.42 Å². The first-order chi connectivity index (χ1) is 9.42. The van der Waals surface area contributed by atoms with Crippen LogP contribution in [0, 0.1) is 5.92 Å². The number of hydrogen-bond donors (Lipinski definition) is 3. The highest BCUT2D eigenvalue weighted by molar-refractivity contribution is 5.84. The first-order valence-corrected chi connectivity index (χ1v) is 7.17. The van der Waals surface area contributed by atoms with Crippen LogP contribution < -0.4 is 5.32 Å². The van der Waals surface area contributed by atoms with E-state index in [1.54, 1.807) is 0 Å². The van der Waals surface area contributed by atoms with E-state index in [4.69, 9.17) is 10.2 Å². The van der Waals surface area contributed by atoms with Gasteiger partial charge in [0, 0.05) is 12.3 Å². The number of carbonyl (C=O) groups is 3. The molecule has 6 nitrogen and oxygen atoms in total. The lowest BCUT2D eigenvalue weighted by Crippen LogP contribution is -2.43. The number of aliphatic carboxylic acids is 2. The molecule has 0 bridgehead atoms. The highest BCUT2D eigenvalue weighted by Crippen LogP contribution is 2.13. The van der Waals surface area contributed by atoms with Crippen molar-refractivity contribution in [2.45, 2.75) is 64.8 Å². The van der Waals surface area contributed by atoms with E-state index < -0.39 is 18.0 Å². The lowest BCUT2D eigenvalue weighted by Gasteiger charge is -2.19. The molecule has 0 heterocycles. The van der Waals surface area contributed by atoms with Crippen LogP contribution in [0.4, 0.5) is 0 Å². The van der Waals surface area contributed by atoms with Crippen LogP contribution in [0.2, 0.25) is 0 Å². The molecule has 1 amide bonds. The van der Waals surface area contributed by atoms with Crippen molar-refractivity contribution >= 4 is 17.8 Å². The van der Waals surface area contributed by atoms with Gasteiger partial charge in [-0.15, -0.1) is 0 Å². The molecule has 6 heteroatoms. The Labute approximate surface area is 119 Å². The van der Waals surface area contributed by atoms with Crippen LogP contribution in [0.25, 0.3) is 0 Å². The van der Waals surface area contributed by atoms with Crippen LogP contribution in [0.5, 0.6) is 0 Å². The van der Waals surface area contributed by atoms with Crippen molar-refractivity contribution < 1.29 is 24.6 Å². The minimum absolute atomic E-state index is 0.0906. The largest absolute Gasteiger partial charge is 0.481 e. The van der Waals surface area contributed by atoms with E-state index in [9.17, 15) is 14.4 Å². The molecule has 0 aromatic heterocycles. The van der Waals surface area contributed by atoms with Crippen LogP contribution in [-0.4, -0.2) is 34.1 Å². The molecule has 2 atom stereocenters. The predicted octanol–water partition coefficient (Wildman–Crippen LogP) is 2.03. The van der Waals surface area contributed by atoms with E-state index in [2.05, 4.69) is 5.32 Å². The van der Waals surface area contributed by atoms with E-state index in [1.807, 2.05) is 13.8 Å². The Morgan fingerprint density at radius 3 is 2.15 bits per heavy atom. The molecule has 0 rings (SSSR count). The second-order valence-corrected chi connectivity index (χ2v) is 4.93. The molecule has 0 aromatic rings. The van der Waals surface area contributed by atoms with Gasteiger partial charge in [0.2, 0.25) is 5.91 Å². The minimum Gasteiger partial charge on any atom is -0.481 e. The third kappa shape index (κ3) is 7.76. The highest BCUT2D eigenvalue weighted by Gasteiger charge is 2.23. The Bertz CT molecular complexity index is 330. The summed E-state index contributed by atoms with van der Waals surface area (Å²) >= 11 is 0. The molecule has 116 valence electrons. The van der Waals surface area contributed by atoms with Crippen molar-refractivity contribution in [3.8, 4) is 0 Å². The van der Waals surface area contributed by atoms with Crippen LogP contribution in [0.3, 0.4) is 0 Å². The minimum atomic E-state index is -1.12. The van der Waals surface area contributed by atoms with Gasteiger partial charge in [-0.05, 0) is 25.7 Å². The first-order valence-electron chi connectivity index (χ1n) is 7.17. The van der Waals surface area contributed by atoms with Gasteiger partial charge in [0.25, 0.3) is 0 Å². The number of rotatable bonds is 11. The number of carboxylic acids is 2. The van der Waals surface area contributed by atoms with E-state index >= 15 is 0 Å². The van der Waals surface area contributed by atoms with Crippen LogP contribution in [0.15, 0.2) is 0 Å². The van der Waals surface area contributed by atoms with Crippen molar-refractivity contribution in [1.82, 2.24) is 5.32 Å². The normalized spacial score (nSPS) is 13.5. The van der Waals surface area contributed by atoms with Crippen molar-refractivity contribution in [3.63, 3.8) is 0 Å². The zero-order valence-corrected chi connectivity index (χ0v) is 12.2. The number of carboxylic acid groups (broad SMARTS) is 2. The van der Waals surface area contributed by atoms with Gasteiger partial charge in [-0.1, -0.05) is 26.7 Å². The summed E-state index contributed by atoms with van der Waals surface area (Å²) in [6.45, 7) is 3.94. The Kier molecular flexibility index (Phi) is 9.41. The summed E-state index contributed by atoms with van der Waals surface area (Å²) in [5.41, 5.74) is 0. The summed E-state index contributed by atoms with van der Waals surface area (Å²) in [5, 5.41) is 20.1. The van der Waals surface area contributed by atoms with Gasteiger partial charge in [0.15, 0.2) is 0 Å². The summed E-state index contributed by atoms with van der Waals surface area (Å²) in [7, 11) is 0. The molecule has 0 aromatic carbocycles. The molecule has 20 heavy (non-hydrogen) atoms. The van der Waals surface area contributed by atoms with Crippen LogP contribution in [0.1, 0.15) is 58.8 Å². The monoisotopic (exact) mass is 287 g/mol. The van der Waals surface area contributed by atoms with Crippen molar-refractivity contribution in [1.29, 1.82) is 0 Å². The van der Waals surface area contributed by atoms with Crippen molar-refractivity contribution in [2.24, 2.45) is 5.92 Å². The maximum atomic E-state index is 12.0. The summed E-state index contributed by atoms with van der Waals surface area (Å²) in [5.74, 6) is -2.50. The van der Waals surface area contributed by atoms with Gasteiger partial charge >= 0.3 is 11.9 Å². The fourth-order valence-electron chi connectivity index (χ4n) is 1.98. The fraction of sp³-hybridized carbons (Fsp3) is 0.786. The fourth-order valence-corrected chi connectivity index (χ4v) is 1.98. The van der Waals surface area contributed by atoms with Gasteiger partial charge in [-0.2, -0.15) is 0 Å². The van der Waals surface area contributed by atoms with Gasteiger partial charge < -0.3 is 15.5 Å². The molecule has 0 spiro atoms. The molecule has 0 saturated heterocycles. The standard InChI is InChI=1S/C14H25NO5/c1-3-5-7-10(4-2)13(18)15-11(14(19)20)8-6-9-12(16)17/h10-11H,3-9H2,1-2H3,(H,15,18)(H,16,17)(H,19,20)/t10?,11-/m1/s1. The molecule has 0 aliphatic carbocycles. The topological polar surface area (TPSA) is 104 Å². The third-order valence-electron chi connectivity index (χ3n) is 3.27. The average Bonchev–Trinajstić information content (AvgIpc) is 2.37. The second-order valence-electron chi connectivity index (χ2n) is 4.93. The Hall–Kier alpha value is -1.59. The molecule has 0 radical (unpaired) electrons. The zero-order chi connectivity index (χ0) is 15.5. The Morgan fingerprint density at radius 2 is 1.70 bits per heavy atom. The molecule has 0 fully saturated rings. The highest BCUT2D eigenvalue weighted by atomic mass is 16.4. The van der Waals surface area contributed by atoms with Gasteiger partial charge in [0.1, 0.15) is 6.04 Å². The second kappa shape index (κ2) is 10.2. The molecule has 3 N–H and O–H groups in total. The molecule has 0 aliphatic heterocycles. The average molecular weight is 287 g/mol. The van der Waals surface area contributed by atoms with Gasteiger partial charge in [0.05, 0.1) is 0 Å². The molecule has 0 aliphatic rings. The molecular formula is C14H25NO5. The number of carbonyl (C=O) groups excluding carboxylic acids is 1. The van der Waals surface area contributed by atoms with E-state index in [1.165, 1.54) is 0 Å². The lowest BCUT2D eigenvalue weighted by molar-refractivity contribution is -0.143. The SMILES string of the molecule is CCCCC(CC)C(=O)N[C@H](CCCC(=O)O)C(=O)O. The third-order valence-corrected chi connectivity index (χ3v) is 3.27. The summed E-state index contributed by atoms with van der Waals surface area (Å²) in [6.07, 6.45) is 3.63. The predicted molar refractivity (Wildman–Crippen MR) is 74.4 cm³/mol. The maximum Gasteiger partial charge on any atom is 0.326 e. The molecule has 1 unspecified atom stereocenters. The Balaban J connectivity index is 4.37.